The average molecular weight is 309 g/mol. The summed E-state index contributed by atoms with van der Waals surface area (Å²) in [5.74, 6) is 0.167. The maximum Gasteiger partial charge on any atom is 0.335 e. The minimum atomic E-state index is -2.94. The van der Waals surface area contributed by atoms with Crippen LogP contribution in [0.5, 0.6) is 0 Å². The van der Waals surface area contributed by atoms with E-state index in [0.717, 1.165) is 5.56 Å². The Morgan fingerprint density at radius 1 is 1.44 bits per heavy atom. The molecule has 0 aromatic heterocycles. The molecule has 18 heavy (non-hydrogen) atoms. The molecule has 1 aromatic rings. The quantitative estimate of drug-likeness (QED) is 0.817. The van der Waals surface area contributed by atoms with Gasteiger partial charge in [0.2, 0.25) is 0 Å². The zero-order valence-electron chi connectivity index (χ0n) is 9.72. The van der Waals surface area contributed by atoms with E-state index in [4.69, 9.17) is 16.7 Å². The van der Waals surface area contributed by atoms with Crippen LogP contribution in [0.25, 0.3) is 0 Å². The first-order chi connectivity index (χ1) is 8.29. The topological polar surface area (TPSA) is 71.4 Å². The number of carboxylic acids is 1. The lowest BCUT2D eigenvalue weighted by Gasteiger charge is -2.05. The lowest BCUT2D eigenvalue weighted by molar-refractivity contribution is 0.0697. The second kappa shape index (κ2) is 6.45. The van der Waals surface area contributed by atoms with Gasteiger partial charge in [0, 0.05) is 22.8 Å². The van der Waals surface area contributed by atoms with Crippen LogP contribution >= 0.6 is 23.4 Å². The highest BCUT2D eigenvalue weighted by Crippen LogP contribution is 2.22. The Bertz CT molecular complexity index is 540. The Hall–Kier alpha value is -0.720. The number of halogens is 1. The van der Waals surface area contributed by atoms with E-state index in [1.165, 1.54) is 30.2 Å². The van der Waals surface area contributed by atoms with E-state index < -0.39 is 15.8 Å². The van der Waals surface area contributed by atoms with E-state index in [1.807, 2.05) is 0 Å². The van der Waals surface area contributed by atoms with Crippen LogP contribution in [0.4, 0.5) is 0 Å². The van der Waals surface area contributed by atoms with Crippen LogP contribution in [-0.4, -0.2) is 37.3 Å². The van der Waals surface area contributed by atoms with Crippen molar-refractivity contribution in [3.63, 3.8) is 0 Å². The first-order valence-electron chi connectivity index (χ1n) is 5.07. The second-order valence-corrected chi connectivity index (χ2v) is 7.57. The van der Waals surface area contributed by atoms with Gasteiger partial charge < -0.3 is 5.11 Å². The molecule has 0 spiro atoms. The standard InChI is InChI=1S/C11H13ClO4S2/c1-18(15,16)5-4-17-7-9-3-2-8(11(13)14)6-10(9)12/h2-3,6H,4-5,7H2,1H3,(H,13,14). The molecule has 0 saturated heterocycles. The number of rotatable bonds is 6. The summed E-state index contributed by atoms with van der Waals surface area (Å²) >= 11 is 7.40. The number of benzene rings is 1. The van der Waals surface area contributed by atoms with Gasteiger partial charge in [-0.15, -0.1) is 0 Å². The highest BCUT2D eigenvalue weighted by atomic mass is 35.5. The van der Waals surface area contributed by atoms with Gasteiger partial charge in [-0.3, -0.25) is 0 Å². The molecule has 7 heteroatoms. The molecule has 0 atom stereocenters. The number of hydrogen-bond acceptors (Lipinski definition) is 4. The Labute approximate surface area is 115 Å². The number of sulfone groups is 1. The number of carbonyl (C=O) groups is 1. The Morgan fingerprint density at radius 3 is 2.61 bits per heavy atom. The van der Waals surface area contributed by atoms with Crippen molar-refractivity contribution in [3.05, 3.63) is 34.3 Å². The summed E-state index contributed by atoms with van der Waals surface area (Å²) in [6, 6.07) is 4.54. The zero-order chi connectivity index (χ0) is 13.8. The fourth-order valence-corrected chi connectivity index (χ4v) is 3.81. The third-order valence-corrected chi connectivity index (χ3v) is 4.72. The second-order valence-electron chi connectivity index (χ2n) is 3.79. The molecule has 0 aliphatic rings. The molecule has 100 valence electrons. The van der Waals surface area contributed by atoms with Gasteiger partial charge in [0.05, 0.1) is 11.3 Å². The molecule has 0 aliphatic carbocycles. The monoisotopic (exact) mass is 308 g/mol. The number of aromatic carboxylic acids is 1. The molecule has 0 radical (unpaired) electrons. The molecule has 0 saturated carbocycles. The normalized spacial score (nSPS) is 11.4. The number of carboxylic acid groups (broad SMARTS) is 1. The first kappa shape index (κ1) is 15.3. The van der Waals surface area contributed by atoms with E-state index >= 15 is 0 Å². The summed E-state index contributed by atoms with van der Waals surface area (Å²) in [4.78, 5) is 10.7. The summed E-state index contributed by atoms with van der Waals surface area (Å²) in [5, 5.41) is 9.16. The number of thioether (sulfide) groups is 1. The Morgan fingerprint density at radius 2 is 2.11 bits per heavy atom. The summed E-state index contributed by atoms with van der Waals surface area (Å²) in [5.41, 5.74) is 0.949. The van der Waals surface area contributed by atoms with E-state index in [0.29, 0.717) is 16.5 Å². The molecule has 0 unspecified atom stereocenters. The van der Waals surface area contributed by atoms with Crippen molar-refractivity contribution < 1.29 is 18.3 Å². The summed E-state index contributed by atoms with van der Waals surface area (Å²) in [6.45, 7) is 0. The van der Waals surface area contributed by atoms with Crippen LogP contribution in [-0.2, 0) is 15.6 Å². The Balaban J connectivity index is 2.56. The lowest BCUT2D eigenvalue weighted by atomic mass is 10.1. The van der Waals surface area contributed by atoms with Crippen LogP contribution in [0.15, 0.2) is 18.2 Å². The molecule has 0 amide bonds. The van der Waals surface area contributed by atoms with Gasteiger partial charge in [-0.05, 0) is 17.7 Å². The zero-order valence-corrected chi connectivity index (χ0v) is 12.1. The predicted molar refractivity (Wildman–Crippen MR) is 74.3 cm³/mol. The molecule has 1 N–H and O–H groups in total. The highest BCUT2D eigenvalue weighted by Gasteiger charge is 2.08. The van der Waals surface area contributed by atoms with Crippen LogP contribution in [0, 0.1) is 0 Å². The van der Waals surface area contributed by atoms with Crippen molar-refractivity contribution in [2.75, 3.05) is 17.8 Å². The molecule has 0 bridgehead atoms. The predicted octanol–water partition coefficient (Wildman–Crippen LogP) is 2.32. The van der Waals surface area contributed by atoms with Gasteiger partial charge in [0.25, 0.3) is 0 Å². The summed E-state index contributed by atoms with van der Waals surface area (Å²) < 4.78 is 21.8. The summed E-state index contributed by atoms with van der Waals surface area (Å²) in [7, 11) is -2.94. The van der Waals surface area contributed by atoms with Crippen LogP contribution in [0.1, 0.15) is 15.9 Å². The van der Waals surface area contributed by atoms with Crippen LogP contribution < -0.4 is 0 Å². The third-order valence-electron chi connectivity index (χ3n) is 2.16. The largest absolute Gasteiger partial charge is 0.478 e. The van der Waals surface area contributed by atoms with Gasteiger partial charge in [-0.25, -0.2) is 13.2 Å². The fourth-order valence-electron chi connectivity index (χ4n) is 1.19. The third kappa shape index (κ3) is 5.29. The molecule has 0 aliphatic heterocycles. The van der Waals surface area contributed by atoms with Gasteiger partial charge in [-0.2, -0.15) is 11.8 Å². The molecular weight excluding hydrogens is 296 g/mol. The molecular formula is C11H13ClO4S2. The van der Waals surface area contributed by atoms with Gasteiger partial charge in [0.15, 0.2) is 0 Å². The van der Waals surface area contributed by atoms with Crippen LogP contribution in [0.3, 0.4) is 0 Å². The molecule has 1 rings (SSSR count). The van der Waals surface area contributed by atoms with Gasteiger partial charge >= 0.3 is 5.97 Å². The van der Waals surface area contributed by atoms with Crippen molar-refractivity contribution in [2.45, 2.75) is 5.75 Å². The fraction of sp³-hybridized carbons (Fsp3) is 0.364. The van der Waals surface area contributed by atoms with Crippen LogP contribution in [0.2, 0.25) is 5.02 Å². The SMILES string of the molecule is CS(=O)(=O)CCSCc1ccc(C(=O)O)cc1Cl. The summed E-state index contributed by atoms with van der Waals surface area (Å²) in [6.07, 6.45) is 1.20. The molecule has 0 fully saturated rings. The average Bonchev–Trinajstić information content (AvgIpc) is 2.24. The van der Waals surface area contributed by atoms with E-state index in [1.54, 1.807) is 6.07 Å². The van der Waals surface area contributed by atoms with Gasteiger partial charge in [0.1, 0.15) is 9.84 Å². The Kier molecular flexibility index (Phi) is 5.49. The molecule has 1 aromatic carbocycles. The van der Waals surface area contributed by atoms with E-state index in [-0.39, 0.29) is 11.3 Å². The smallest absolute Gasteiger partial charge is 0.335 e. The number of hydrogen-bond donors (Lipinski definition) is 1. The van der Waals surface area contributed by atoms with E-state index in [2.05, 4.69) is 0 Å². The minimum absolute atomic E-state index is 0.127. The van der Waals surface area contributed by atoms with Crippen molar-refractivity contribution in [2.24, 2.45) is 0 Å². The van der Waals surface area contributed by atoms with E-state index in [9.17, 15) is 13.2 Å². The van der Waals surface area contributed by atoms with Crippen molar-refractivity contribution in [1.29, 1.82) is 0 Å². The maximum atomic E-state index is 10.9. The highest BCUT2D eigenvalue weighted by molar-refractivity contribution is 7.99. The first-order valence-corrected chi connectivity index (χ1v) is 8.66. The lowest BCUT2D eigenvalue weighted by Crippen LogP contribution is -2.05. The van der Waals surface area contributed by atoms with Crippen molar-refractivity contribution in [1.82, 2.24) is 0 Å². The maximum absolute atomic E-state index is 10.9. The molecule has 0 heterocycles. The van der Waals surface area contributed by atoms with Crippen molar-refractivity contribution >= 4 is 39.2 Å². The minimum Gasteiger partial charge on any atom is -0.478 e. The van der Waals surface area contributed by atoms with Gasteiger partial charge in [-0.1, -0.05) is 17.7 Å². The molecule has 4 nitrogen and oxygen atoms in total. The van der Waals surface area contributed by atoms with Crippen molar-refractivity contribution in [3.8, 4) is 0 Å².